The number of aliphatic imine (C=N–C) groups is 1. The number of hydrogen-bond donors (Lipinski definition) is 3. The lowest BCUT2D eigenvalue weighted by atomic mass is 10.1. The molecule has 184 valence electrons. The lowest BCUT2D eigenvalue weighted by Crippen LogP contribution is -3.11. The molecular formula is C26H31N4O5+. The first-order valence-electron chi connectivity index (χ1n) is 11.7. The van der Waals surface area contributed by atoms with Gasteiger partial charge in [0.15, 0.2) is 0 Å². The van der Waals surface area contributed by atoms with Crippen molar-refractivity contribution in [3.8, 4) is 5.88 Å². The van der Waals surface area contributed by atoms with Crippen molar-refractivity contribution in [2.75, 3.05) is 26.2 Å². The summed E-state index contributed by atoms with van der Waals surface area (Å²) >= 11 is 0. The summed E-state index contributed by atoms with van der Waals surface area (Å²) in [6.45, 7) is 7.43. The summed E-state index contributed by atoms with van der Waals surface area (Å²) < 4.78 is 6.44. The molecule has 0 aliphatic heterocycles. The molecule has 3 rings (SSSR count). The van der Waals surface area contributed by atoms with Crippen LogP contribution < -0.4 is 16.1 Å². The molecule has 0 aliphatic rings. The summed E-state index contributed by atoms with van der Waals surface area (Å²) in [4.78, 5) is 44.5. The predicted octanol–water partition coefficient (Wildman–Crippen LogP) is 1.32. The molecule has 3 aromatic rings. The highest BCUT2D eigenvalue weighted by atomic mass is 16.5. The van der Waals surface area contributed by atoms with Crippen LogP contribution in [0.1, 0.15) is 35.3 Å². The van der Waals surface area contributed by atoms with Crippen LogP contribution in [0.15, 0.2) is 69.2 Å². The number of rotatable bonds is 11. The number of esters is 1. The number of carbonyl (C=O) groups excluding carboxylic acids is 1. The molecule has 9 heteroatoms. The van der Waals surface area contributed by atoms with Gasteiger partial charge in [-0.1, -0.05) is 30.3 Å². The van der Waals surface area contributed by atoms with E-state index >= 15 is 0 Å². The van der Waals surface area contributed by atoms with E-state index < -0.39 is 23.1 Å². The predicted molar refractivity (Wildman–Crippen MR) is 134 cm³/mol. The summed E-state index contributed by atoms with van der Waals surface area (Å²) in [6.07, 6.45) is 1.71. The van der Waals surface area contributed by atoms with Gasteiger partial charge in [-0.25, -0.2) is 9.59 Å². The Hall–Kier alpha value is -3.98. The summed E-state index contributed by atoms with van der Waals surface area (Å²) in [5.41, 5.74) is 0.311. The number of quaternary nitrogens is 1. The molecule has 0 saturated carbocycles. The largest absolute Gasteiger partial charge is 0.494 e. The van der Waals surface area contributed by atoms with Gasteiger partial charge in [-0.15, -0.1) is 0 Å². The third-order valence-electron chi connectivity index (χ3n) is 5.81. The van der Waals surface area contributed by atoms with Crippen LogP contribution >= 0.6 is 0 Å². The van der Waals surface area contributed by atoms with Crippen LogP contribution in [0.5, 0.6) is 5.88 Å². The first-order valence-corrected chi connectivity index (χ1v) is 11.7. The third-order valence-corrected chi connectivity index (χ3v) is 5.81. The van der Waals surface area contributed by atoms with Gasteiger partial charge in [0, 0.05) is 12.8 Å². The van der Waals surface area contributed by atoms with Gasteiger partial charge in [0.05, 0.1) is 24.3 Å². The molecule has 0 spiro atoms. The first kappa shape index (κ1) is 25.6. The molecule has 0 amide bonds. The summed E-state index contributed by atoms with van der Waals surface area (Å²) in [6, 6.07) is 15.9. The number of ether oxygens (including phenoxy) is 1. The molecule has 0 fully saturated rings. The molecule has 0 radical (unpaired) electrons. The number of likely N-dealkylation sites (N-methyl/N-ethyl adjacent to an activating group) is 1. The van der Waals surface area contributed by atoms with Crippen LogP contribution in [0, 0.1) is 0 Å². The highest BCUT2D eigenvalue weighted by molar-refractivity contribution is 5.90. The molecule has 0 aliphatic carbocycles. The lowest BCUT2D eigenvalue weighted by molar-refractivity contribution is -0.896. The second kappa shape index (κ2) is 12.5. The first-order chi connectivity index (χ1) is 16.9. The average Bonchev–Trinajstić information content (AvgIpc) is 2.87. The number of H-pyrrole nitrogens is 1. The SMILES string of the molecule is CC[NH+](CC)CCOC(=O)c1ccc(N=Cc2c(O)n(CCc3ccccc3)c(=O)[nH]c2=O)cc1. The van der Waals surface area contributed by atoms with E-state index in [2.05, 4.69) is 23.8 Å². The fourth-order valence-electron chi connectivity index (χ4n) is 3.58. The quantitative estimate of drug-likeness (QED) is 0.283. The van der Waals surface area contributed by atoms with Crippen molar-refractivity contribution in [2.24, 2.45) is 4.99 Å². The smallest absolute Gasteiger partial charge is 0.338 e. The van der Waals surface area contributed by atoms with Crippen molar-refractivity contribution >= 4 is 17.9 Å². The van der Waals surface area contributed by atoms with Gasteiger partial charge < -0.3 is 14.7 Å². The number of nitrogens with zero attached hydrogens (tertiary/aromatic N) is 2. The Balaban J connectivity index is 1.68. The molecule has 35 heavy (non-hydrogen) atoms. The van der Waals surface area contributed by atoms with Crippen molar-refractivity contribution in [1.82, 2.24) is 9.55 Å². The van der Waals surface area contributed by atoms with E-state index in [0.29, 0.717) is 24.3 Å². The maximum absolute atomic E-state index is 12.3. The van der Waals surface area contributed by atoms with Crippen LogP contribution in [-0.4, -0.2) is 53.1 Å². The monoisotopic (exact) mass is 479 g/mol. The number of aryl methyl sites for hydroxylation is 1. The van der Waals surface area contributed by atoms with E-state index in [-0.39, 0.29) is 12.1 Å². The van der Waals surface area contributed by atoms with E-state index in [0.717, 1.165) is 29.8 Å². The van der Waals surface area contributed by atoms with Crippen LogP contribution in [-0.2, 0) is 17.7 Å². The number of aromatic hydroxyl groups is 1. The van der Waals surface area contributed by atoms with Gasteiger partial charge in [0.25, 0.3) is 5.56 Å². The summed E-state index contributed by atoms with van der Waals surface area (Å²) in [5.74, 6) is -0.861. The van der Waals surface area contributed by atoms with Gasteiger partial charge in [-0.2, -0.15) is 0 Å². The highest BCUT2D eigenvalue weighted by Crippen LogP contribution is 2.15. The number of aromatic nitrogens is 2. The zero-order chi connectivity index (χ0) is 25.2. The van der Waals surface area contributed by atoms with Gasteiger partial charge in [0.1, 0.15) is 18.7 Å². The molecular weight excluding hydrogens is 448 g/mol. The van der Waals surface area contributed by atoms with Crippen LogP contribution in [0.25, 0.3) is 0 Å². The zero-order valence-corrected chi connectivity index (χ0v) is 20.0. The molecule has 0 atom stereocenters. The molecule has 1 aromatic heterocycles. The molecule has 0 bridgehead atoms. The molecule has 1 heterocycles. The van der Waals surface area contributed by atoms with Gasteiger partial charge in [0.2, 0.25) is 5.88 Å². The van der Waals surface area contributed by atoms with E-state index in [1.54, 1.807) is 24.3 Å². The van der Waals surface area contributed by atoms with E-state index in [1.807, 2.05) is 30.3 Å². The maximum atomic E-state index is 12.3. The van der Waals surface area contributed by atoms with Crippen molar-refractivity contribution < 1.29 is 19.5 Å². The van der Waals surface area contributed by atoms with E-state index in [4.69, 9.17) is 4.74 Å². The fraction of sp³-hybridized carbons (Fsp3) is 0.308. The van der Waals surface area contributed by atoms with Crippen molar-refractivity contribution in [3.05, 3.63) is 92.1 Å². The lowest BCUT2D eigenvalue weighted by Gasteiger charge is -2.15. The number of benzene rings is 2. The fourth-order valence-corrected chi connectivity index (χ4v) is 3.58. The van der Waals surface area contributed by atoms with Gasteiger partial charge in [-0.05, 0) is 50.1 Å². The summed E-state index contributed by atoms with van der Waals surface area (Å²) in [5, 5.41) is 10.6. The van der Waals surface area contributed by atoms with Gasteiger partial charge in [-0.3, -0.25) is 19.3 Å². The normalized spacial score (nSPS) is 11.3. The third kappa shape index (κ3) is 7.00. The molecule has 9 nitrogen and oxygen atoms in total. The van der Waals surface area contributed by atoms with E-state index in [1.165, 1.54) is 11.1 Å². The number of hydrogen-bond acceptors (Lipinski definition) is 6. The Labute approximate surface area is 203 Å². The minimum absolute atomic E-state index is 0.125. The topological polar surface area (TPSA) is 118 Å². The maximum Gasteiger partial charge on any atom is 0.338 e. The Morgan fingerprint density at radius 1 is 1.09 bits per heavy atom. The number of carbonyl (C=O) groups is 1. The van der Waals surface area contributed by atoms with Gasteiger partial charge >= 0.3 is 11.7 Å². The Morgan fingerprint density at radius 2 is 1.77 bits per heavy atom. The Kier molecular flexibility index (Phi) is 9.14. The number of nitrogens with one attached hydrogen (secondary N) is 2. The second-order valence-corrected chi connectivity index (χ2v) is 8.03. The highest BCUT2D eigenvalue weighted by Gasteiger charge is 2.13. The zero-order valence-electron chi connectivity index (χ0n) is 20.0. The molecule has 2 aromatic carbocycles. The van der Waals surface area contributed by atoms with Crippen LogP contribution in [0.4, 0.5) is 5.69 Å². The van der Waals surface area contributed by atoms with Crippen molar-refractivity contribution in [3.63, 3.8) is 0 Å². The molecule has 3 N–H and O–H groups in total. The second-order valence-electron chi connectivity index (χ2n) is 8.03. The molecule has 0 saturated heterocycles. The van der Waals surface area contributed by atoms with Crippen molar-refractivity contribution in [2.45, 2.75) is 26.8 Å². The van der Waals surface area contributed by atoms with Crippen LogP contribution in [0.3, 0.4) is 0 Å². The standard InChI is InChI=1S/C26H30N4O5/c1-3-29(4-2)16-17-35-25(33)20-10-12-21(13-11-20)27-18-22-23(31)28-26(34)30(24(22)32)15-14-19-8-6-5-7-9-19/h5-13,18,32H,3-4,14-17H2,1-2H3,(H,28,31,34)/p+1. The Bertz CT molecular complexity index is 1260. The average molecular weight is 480 g/mol. The summed E-state index contributed by atoms with van der Waals surface area (Å²) in [7, 11) is 0. The molecule has 0 unspecified atom stereocenters. The van der Waals surface area contributed by atoms with Crippen molar-refractivity contribution in [1.29, 1.82) is 0 Å². The Morgan fingerprint density at radius 3 is 2.43 bits per heavy atom. The van der Waals surface area contributed by atoms with Crippen LogP contribution in [0.2, 0.25) is 0 Å². The minimum Gasteiger partial charge on any atom is -0.494 e. The van der Waals surface area contributed by atoms with E-state index in [9.17, 15) is 19.5 Å². The minimum atomic E-state index is -0.734. The number of aromatic amines is 1.